The summed E-state index contributed by atoms with van der Waals surface area (Å²) in [4.78, 5) is 4.88. The second kappa shape index (κ2) is 12.8. The van der Waals surface area contributed by atoms with Crippen molar-refractivity contribution in [3.8, 4) is 0 Å². The molecule has 0 saturated heterocycles. The van der Waals surface area contributed by atoms with Crippen molar-refractivity contribution >= 4 is 55.7 Å². The number of nitrogens with zero attached hydrogens (tertiary/aromatic N) is 2. The number of hydrogen-bond donors (Lipinski definition) is 0. The molecule has 0 radical (unpaired) electrons. The number of anilines is 6. The van der Waals surface area contributed by atoms with Gasteiger partial charge in [-0.1, -0.05) is 82.9 Å². The minimum absolute atomic E-state index is 1.17. The Balaban J connectivity index is 1.43. The zero-order chi connectivity index (χ0) is 35.4. The molecule has 0 bridgehead atoms. The van der Waals surface area contributed by atoms with Gasteiger partial charge in [0, 0.05) is 22.7 Å². The van der Waals surface area contributed by atoms with E-state index >= 15 is 0 Å². The second-order valence-corrected chi connectivity index (χ2v) is 14.5. The molecular weight excluding hydrogens is 605 g/mol. The summed E-state index contributed by atoms with van der Waals surface area (Å²) in [7, 11) is 0. The Hall–Kier alpha value is -5.34. The maximum Gasteiger partial charge on any atom is 0.0520 e. The summed E-state index contributed by atoms with van der Waals surface area (Å²) < 4.78 is 0. The van der Waals surface area contributed by atoms with Crippen LogP contribution in [0.4, 0.5) is 34.1 Å². The van der Waals surface area contributed by atoms with E-state index in [1.807, 2.05) is 0 Å². The first-order valence-corrected chi connectivity index (χ1v) is 17.8. The molecule has 0 aromatic heterocycles. The number of hydrogen-bond acceptors (Lipinski definition) is 2. The fraction of sp³-hybridized carbons (Fsp3) is 0.208. The highest BCUT2D eigenvalue weighted by Gasteiger charge is 2.21. The SMILES string of the molecule is Cc1ccc(N(c2ccc3c(c2)c(C)c(C)c2cc(N(c4ccc(C)cc4)c4c(C)cc(C)cc4C)ccc23)c2c(C)cc(C)cc2C)cc1. The first-order valence-electron chi connectivity index (χ1n) is 17.8. The van der Waals surface area contributed by atoms with Crippen LogP contribution in [0.3, 0.4) is 0 Å². The predicted octanol–water partition coefficient (Wildman–Crippen LogP) is 14.0. The zero-order valence-electron chi connectivity index (χ0n) is 31.3. The highest BCUT2D eigenvalue weighted by molar-refractivity contribution is 6.12. The van der Waals surface area contributed by atoms with Gasteiger partial charge in [-0.2, -0.15) is 0 Å². The van der Waals surface area contributed by atoms with Gasteiger partial charge in [-0.25, -0.2) is 0 Å². The fourth-order valence-electron chi connectivity index (χ4n) is 8.09. The van der Waals surface area contributed by atoms with Crippen molar-refractivity contribution in [2.24, 2.45) is 0 Å². The first-order chi connectivity index (χ1) is 23.9. The van der Waals surface area contributed by atoms with Gasteiger partial charge in [0.25, 0.3) is 0 Å². The van der Waals surface area contributed by atoms with Crippen LogP contribution in [0.2, 0.25) is 0 Å². The third kappa shape index (κ3) is 5.83. The summed E-state index contributed by atoms with van der Waals surface area (Å²) in [6.07, 6.45) is 0. The molecule has 7 rings (SSSR count). The molecule has 0 saturated carbocycles. The Morgan fingerprint density at radius 3 is 0.900 bits per heavy atom. The van der Waals surface area contributed by atoms with Crippen LogP contribution in [-0.4, -0.2) is 0 Å². The van der Waals surface area contributed by atoms with E-state index in [1.54, 1.807) is 0 Å². The molecule has 0 spiro atoms. The van der Waals surface area contributed by atoms with Crippen molar-refractivity contribution in [1.29, 1.82) is 0 Å². The molecule has 7 aromatic carbocycles. The van der Waals surface area contributed by atoms with Crippen molar-refractivity contribution in [2.45, 2.75) is 69.2 Å². The average molecular weight is 653 g/mol. The van der Waals surface area contributed by atoms with Crippen molar-refractivity contribution < 1.29 is 0 Å². The van der Waals surface area contributed by atoms with E-state index in [1.165, 1.54) is 111 Å². The van der Waals surface area contributed by atoms with E-state index in [0.717, 1.165) is 0 Å². The van der Waals surface area contributed by atoms with Crippen LogP contribution in [0.1, 0.15) is 55.6 Å². The standard InChI is InChI=1S/C48H48N2/c1-29-11-15-39(16-12-29)49(47-33(5)23-31(3)24-34(47)6)41-19-21-43-44-22-20-42(28-46(44)38(10)37(9)45(43)27-41)50(40-17-13-30(2)14-18-40)48-35(7)25-32(4)26-36(48)8/h11-28H,1-10H3. The molecular formula is C48H48N2. The molecule has 0 heterocycles. The molecule has 0 aliphatic heterocycles. The highest BCUT2D eigenvalue weighted by atomic mass is 15.2. The van der Waals surface area contributed by atoms with Gasteiger partial charge in [-0.3, -0.25) is 0 Å². The number of fused-ring (bicyclic) bond motifs is 3. The van der Waals surface area contributed by atoms with E-state index in [4.69, 9.17) is 0 Å². The summed E-state index contributed by atoms with van der Waals surface area (Å²) in [6, 6.07) is 41.1. The van der Waals surface area contributed by atoms with Gasteiger partial charge in [0.15, 0.2) is 0 Å². The van der Waals surface area contributed by atoms with Gasteiger partial charge in [0.2, 0.25) is 0 Å². The Labute approximate surface area is 298 Å². The number of rotatable bonds is 6. The third-order valence-corrected chi connectivity index (χ3v) is 10.5. The molecule has 250 valence electrons. The van der Waals surface area contributed by atoms with Gasteiger partial charge in [0.1, 0.15) is 0 Å². The predicted molar refractivity (Wildman–Crippen MR) is 218 cm³/mol. The molecule has 0 amide bonds. The molecule has 7 aromatic rings. The van der Waals surface area contributed by atoms with Crippen LogP contribution in [-0.2, 0) is 0 Å². The molecule has 0 atom stereocenters. The summed E-state index contributed by atoms with van der Waals surface area (Å²) in [5.74, 6) is 0. The molecule has 2 heteroatoms. The van der Waals surface area contributed by atoms with Gasteiger partial charge in [-0.15, -0.1) is 0 Å². The Kier molecular flexibility index (Phi) is 8.52. The lowest BCUT2D eigenvalue weighted by molar-refractivity contribution is 1.20. The summed E-state index contributed by atoms with van der Waals surface area (Å²) in [5, 5.41) is 5.15. The van der Waals surface area contributed by atoms with E-state index < -0.39 is 0 Å². The van der Waals surface area contributed by atoms with Crippen LogP contribution in [0.25, 0.3) is 21.5 Å². The van der Waals surface area contributed by atoms with E-state index in [0.29, 0.717) is 0 Å². The van der Waals surface area contributed by atoms with Crippen LogP contribution in [0.5, 0.6) is 0 Å². The summed E-state index contributed by atoms with van der Waals surface area (Å²) >= 11 is 0. The lowest BCUT2D eigenvalue weighted by Gasteiger charge is -2.30. The van der Waals surface area contributed by atoms with Crippen LogP contribution in [0, 0.1) is 69.2 Å². The lowest BCUT2D eigenvalue weighted by Crippen LogP contribution is -2.13. The van der Waals surface area contributed by atoms with E-state index in [2.05, 4.69) is 188 Å². The van der Waals surface area contributed by atoms with Crippen molar-refractivity contribution in [3.63, 3.8) is 0 Å². The number of benzene rings is 7. The fourth-order valence-corrected chi connectivity index (χ4v) is 8.09. The summed E-state index contributed by atoms with van der Waals surface area (Å²) in [5.41, 5.74) is 20.0. The molecule has 0 fully saturated rings. The molecule has 0 aliphatic carbocycles. The smallest absolute Gasteiger partial charge is 0.0520 e. The van der Waals surface area contributed by atoms with Crippen molar-refractivity contribution in [2.75, 3.05) is 9.80 Å². The normalized spacial score (nSPS) is 11.4. The molecule has 0 aliphatic rings. The maximum atomic E-state index is 2.44. The quantitative estimate of drug-likeness (QED) is 0.165. The van der Waals surface area contributed by atoms with E-state index in [-0.39, 0.29) is 0 Å². The van der Waals surface area contributed by atoms with Gasteiger partial charge in [0.05, 0.1) is 11.4 Å². The third-order valence-electron chi connectivity index (χ3n) is 10.5. The first kappa shape index (κ1) is 33.2. The van der Waals surface area contributed by atoms with Gasteiger partial charge < -0.3 is 9.80 Å². The van der Waals surface area contributed by atoms with Crippen molar-refractivity contribution in [1.82, 2.24) is 0 Å². The minimum Gasteiger partial charge on any atom is -0.310 e. The Bertz CT molecular complexity index is 2190. The van der Waals surface area contributed by atoms with Gasteiger partial charge >= 0.3 is 0 Å². The topological polar surface area (TPSA) is 6.48 Å². The minimum atomic E-state index is 1.17. The lowest BCUT2D eigenvalue weighted by atomic mass is 9.91. The van der Waals surface area contributed by atoms with Crippen LogP contribution >= 0.6 is 0 Å². The molecule has 0 unspecified atom stereocenters. The van der Waals surface area contributed by atoms with Crippen LogP contribution < -0.4 is 9.80 Å². The summed E-state index contributed by atoms with van der Waals surface area (Å²) in [6.45, 7) is 22.2. The molecule has 0 N–H and O–H groups in total. The largest absolute Gasteiger partial charge is 0.310 e. The van der Waals surface area contributed by atoms with Gasteiger partial charge in [-0.05, 0) is 173 Å². The molecule has 50 heavy (non-hydrogen) atoms. The monoisotopic (exact) mass is 652 g/mol. The van der Waals surface area contributed by atoms with Crippen LogP contribution in [0.15, 0.2) is 109 Å². The maximum absolute atomic E-state index is 2.44. The van der Waals surface area contributed by atoms with E-state index in [9.17, 15) is 0 Å². The second-order valence-electron chi connectivity index (χ2n) is 14.5. The Morgan fingerprint density at radius 2 is 0.580 bits per heavy atom. The molecule has 2 nitrogen and oxygen atoms in total. The Morgan fingerprint density at radius 1 is 0.280 bits per heavy atom. The van der Waals surface area contributed by atoms with Crippen molar-refractivity contribution in [3.05, 3.63) is 165 Å². The zero-order valence-corrected chi connectivity index (χ0v) is 31.3. The number of aryl methyl sites for hydroxylation is 10. The average Bonchev–Trinajstić information content (AvgIpc) is 3.07. The highest BCUT2D eigenvalue weighted by Crippen LogP contribution is 2.45.